The maximum absolute atomic E-state index is 5.44. The third-order valence-corrected chi connectivity index (χ3v) is 2.81. The molecule has 0 aromatic carbocycles. The summed E-state index contributed by atoms with van der Waals surface area (Å²) < 4.78 is 17.7. The molecule has 1 N–H and O–H groups in total. The molecule has 6 heteroatoms. The Morgan fingerprint density at radius 3 is 2.55 bits per heavy atom. The molecule has 0 radical (unpaired) electrons. The lowest BCUT2D eigenvalue weighted by Gasteiger charge is -2.07. The molecule has 0 aliphatic rings. The lowest BCUT2D eigenvalue weighted by Crippen LogP contribution is -2.22. The second-order valence-electron chi connectivity index (χ2n) is 4.48. The lowest BCUT2D eigenvalue weighted by atomic mass is 10.3. The van der Waals surface area contributed by atoms with E-state index in [4.69, 9.17) is 14.2 Å². The van der Waals surface area contributed by atoms with E-state index < -0.39 is 0 Å². The number of aromatic nitrogens is 2. The van der Waals surface area contributed by atoms with E-state index in [1.54, 1.807) is 7.11 Å². The molecular weight excluding hydrogens is 258 g/mol. The fourth-order valence-corrected chi connectivity index (χ4v) is 1.70. The lowest BCUT2D eigenvalue weighted by molar-refractivity contribution is 0.0256. The van der Waals surface area contributed by atoms with Crippen molar-refractivity contribution in [1.29, 1.82) is 0 Å². The average Bonchev–Trinajstić information content (AvgIpc) is 2.97. The van der Waals surface area contributed by atoms with Gasteiger partial charge in [0.1, 0.15) is 0 Å². The zero-order valence-electron chi connectivity index (χ0n) is 12.4. The van der Waals surface area contributed by atoms with Crippen LogP contribution in [0.4, 0.5) is 0 Å². The van der Waals surface area contributed by atoms with Gasteiger partial charge in [-0.2, -0.15) is 0 Å². The van der Waals surface area contributed by atoms with E-state index in [2.05, 4.69) is 14.9 Å². The van der Waals surface area contributed by atoms with Crippen molar-refractivity contribution in [2.45, 2.75) is 19.4 Å². The highest BCUT2D eigenvalue weighted by molar-refractivity contribution is 4.73. The number of unbranched alkanes of at least 4 members (excludes halogenated alkanes) is 1. The largest absolute Gasteiger partial charge is 0.382 e. The Kier molecular flexibility index (Phi) is 11.2. The molecule has 0 fully saturated rings. The van der Waals surface area contributed by atoms with Crippen molar-refractivity contribution in [3.8, 4) is 0 Å². The van der Waals surface area contributed by atoms with Crippen LogP contribution in [0, 0.1) is 0 Å². The summed E-state index contributed by atoms with van der Waals surface area (Å²) in [5.74, 6) is 0. The normalized spacial score (nSPS) is 11.1. The van der Waals surface area contributed by atoms with Crippen molar-refractivity contribution in [3.63, 3.8) is 0 Å². The zero-order valence-corrected chi connectivity index (χ0v) is 12.4. The first-order valence-electron chi connectivity index (χ1n) is 7.24. The zero-order chi connectivity index (χ0) is 14.3. The third-order valence-electron chi connectivity index (χ3n) is 2.81. The molecule has 0 bridgehead atoms. The van der Waals surface area contributed by atoms with E-state index in [9.17, 15) is 0 Å². The summed E-state index contributed by atoms with van der Waals surface area (Å²) in [6.07, 6.45) is 8.00. The van der Waals surface area contributed by atoms with Crippen LogP contribution < -0.4 is 5.32 Å². The molecule has 20 heavy (non-hydrogen) atoms. The quantitative estimate of drug-likeness (QED) is 0.515. The highest BCUT2D eigenvalue weighted by Gasteiger charge is 1.93. The van der Waals surface area contributed by atoms with Gasteiger partial charge in [0.05, 0.1) is 39.4 Å². The Hall–Kier alpha value is -0.950. The molecule has 0 unspecified atom stereocenters. The van der Waals surface area contributed by atoms with Crippen LogP contribution in [-0.4, -0.2) is 62.8 Å². The van der Waals surface area contributed by atoms with Gasteiger partial charge >= 0.3 is 0 Å². The van der Waals surface area contributed by atoms with Crippen molar-refractivity contribution in [2.75, 3.05) is 53.2 Å². The van der Waals surface area contributed by atoms with Crippen molar-refractivity contribution < 1.29 is 14.2 Å². The summed E-state index contributed by atoms with van der Waals surface area (Å²) >= 11 is 0. The Bertz CT molecular complexity index is 294. The van der Waals surface area contributed by atoms with Crippen LogP contribution in [0.3, 0.4) is 0 Å². The molecule has 1 heterocycles. The number of rotatable bonds is 14. The minimum atomic E-state index is 0.633. The number of nitrogens with one attached hydrogen (secondary N) is 1. The first-order valence-corrected chi connectivity index (χ1v) is 7.24. The first kappa shape index (κ1) is 17.1. The van der Waals surface area contributed by atoms with E-state index in [0.717, 1.165) is 39.1 Å². The maximum atomic E-state index is 5.44. The molecule has 0 aliphatic heterocycles. The summed E-state index contributed by atoms with van der Waals surface area (Å²) in [5, 5.41) is 3.37. The molecule has 1 rings (SSSR count). The number of imidazole rings is 1. The van der Waals surface area contributed by atoms with E-state index >= 15 is 0 Å². The van der Waals surface area contributed by atoms with Gasteiger partial charge in [0.25, 0.3) is 0 Å². The number of hydrogen-bond acceptors (Lipinski definition) is 5. The van der Waals surface area contributed by atoms with E-state index in [-0.39, 0.29) is 0 Å². The Balaban J connectivity index is 1.70. The van der Waals surface area contributed by atoms with Crippen molar-refractivity contribution in [1.82, 2.24) is 14.9 Å². The number of ether oxygens (including phenoxy) is 3. The second-order valence-corrected chi connectivity index (χ2v) is 4.48. The minimum Gasteiger partial charge on any atom is -0.382 e. The number of methoxy groups -OCH3 is 1. The van der Waals surface area contributed by atoms with Crippen LogP contribution in [0.25, 0.3) is 0 Å². The molecule has 1 aromatic heterocycles. The molecule has 0 aliphatic carbocycles. The molecule has 0 atom stereocenters. The highest BCUT2D eigenvalue weighted by Crippen LogP contribution is 1.93. The predicted octanol–water partition coefficient (Wildman–Crippen LogP) is 0.933. The van der Waals surface area contributed by atoms with Gasteiger partial charge in [-0.05, 0) is 19.4 Å². The van der Waals surface area contributed by atoms with Gasteiger partial charge in [0.15, 0.2) is 0 Å². The smallest absolute Gasteiger partial charge is 0.0945 e. The molecule has 0 spiro atoms. The van der Waals surface area contributed by atoms with E-state index in [1.807, 2.05) is 18.7 Å². The fraction of sp³-hybridized carbons (Fsp3) is 0.786. The average molecular weight is 285 g/mol. The van der Waals surface area contributed by atoms with Gasteiger partial charge in [-0.3, -0.25) is 0 Å². The van der Waals surface area contributed by atoms with Crippen molar-refractivity contribution in [3.05, 3.63) is 18.7 Å². The van der Waals surface area contributed by atoms with Gasteiger partial charge in [-0.15, -0.1) is 0 Å². The molecule has 116 valence electrons. The van der Waals surface area contributed by atoms with Crippen LogP contribution in [0.2, 0.25) is 0 Å². The van der Waals surface area contributed by atoms with Gasteiger partial charge in [0.2, 0.25) is 0 Å². The molecule has 1 aromatic rings. The summed E-state index contributed by atoms with van der Waals surface area (Å²) in [5.41, 5.74) is 0. The summed E-state index contributed by atoms with van der Waals surface area (Å²) in [6.45, 7) is 6.24. The van der Waals surface area contributed by atoms with Crippen LogP contribution in [0.5, 0.6) is 0 Å². The van der Waals surface area contributed by atoms with Crippen LogP contribution in [-0.2, 0) is 20.8 Å². The molecule has 0 amide bonds. The Morgan fingerprint density at radius 2 is 1.80 bits per heavy atom. The fourth-order valence-electron chi connectivity index (χ4n) is 1.70. The summed E-state index contributed by atoms with van der Waals surface area (Å²) in [4.78, 5) is 4.02. The number of hydrogen-bond donors (Lipinski definition) is 1. The van der Waals surface area contributed by atoms with Crippen LogP contribution >= 0.6 is 0 Å². The molecular formula is C14H27N3O3. The predicted molar refractivity (Wildman–Crippen MR) is 77.8 cm³/mol. The Morgan fingerprint density at radius 1 is 1.00 bits per heavy atom. The number of nitrogens with zero attached hydrogens (tertiary/aromatic N) is 2. The monoisotopic (exact) mass is 285 g/mol. The van der Waals surface area contributed by atoms with Gasteiger partial charge < -0.3 is 24.1 Å². The van der Waals surface area contributed by atoms with E-state index in [1.165, 1.54) is 0 Å². The third kappa shape index (κ3) is 9.91. The van der Waals surface area contributed by atoms with Gasteiger partial charge in [-0.25, -0.2) is 4.98 Å². The molecule has 0 saturated carbocycles. The maximum Gasteiger partial charge on any atom is 0.0945 e. The SMILES string of the molecule is COCCOCCOCCNCCCCn1ccnc1. The van der Waals surface area contributed by atoms with Crippen LogP contribution in [0.15, 0.2) is 18.7 Å². The standard InChI is InChI=1S/C14H27N3O3/c1-18-10-11-20-13-12-19-9-6-15-4-2-3-7-17-8-5-16-14-17/h5,8,14-15H,2-4,6-7,9-13H2,1H3. The first-order chi connectivity index (χ1) is 9.93. The highest BCUT2D eigenvalue weighted by atomic mass is 16.5. The van der Waals surface area contributed by atoms with E-state index in [0.29, 0.717) is 26.4 Å². The van der Waals surface area contributed by atoms with Crippen molar-refractivity contribution >= 4 is 0 Å². The number of aryl methyl sites for hydroxylation is 1. The van der Waals surface area contributed by atoms with Gasteiger partial charge in [-0.1, -0.05) is 0 Å². The van der Waals surface area contributed by atoms with Crippen molar-refractivity contribution in [2.24, 2.45) is 0 Å². The molecule has 6 nitrogen and oxygen atoms in total. The molecule has 0 saturated heterocycles. The summed E-state index contributed by atoms with van der Waals surface area (Å²) in [7, 11) is 1.67. The minimum absolute atomic E-state index is 0.633. The summed E-state index contributed by atoms with van der Waals surface area (Å²) in [6, 6.07) is 0. The topological polar surface area (TPSA) is 57.5 Å². The van der Waals surface area contributed by atoms with Crippen LogP contribution in [0.1, 0.15) is 12.8 Å². The van der Waals surface area contributed by atoms with Gasteiger partial charge in [0, 0.05) is 32.6 Å². The second kappa shape index (κ2) is 13.1. The Labute approximate surface area is 121 Å².